The lowest BCUT2D eigenvalue weighted by atomic mass is 9.59. The quantitative estimate of drug-likeness (QED) is 0.503. The van der Waals surface area contributed by atoms with Crippen molar-refractivity contribution in [1.29, 1.82) is 0 Å². The predicted octanol–water partition coefficient (Wildman–Crippen LogP) is 4.31. The van der Waals surface area contributed by atoms with Gasteiger partial charge >= 0.3 is 0 Å². The van der Waals surface area contributed by atoms with E-state index in [1.54, 1.807) is 11.0 Å². The molecular formula is C34H35ClN4O5. The molecule has 1 N–H and O–H groups in total. The van der Waals surface area contributed by atoms with E-state index in [-0.39, 0.29) is 29.9 Å². The fraction of sp³-hybridized carbons (Fsp3) is 0.441. The number of piperidine rings is 1. The molecule has 44 heavy (non-hydrogen) atoms. The summed E-state index contributed by atoms with van der Waals surface area (Å²) < 4.78 is 0. The summed E-state index contributed by atoms with van der Waals surface area (Å²) in [5.41, 5.74) is 5.32. The Morgan fingerprint density at radius 3 is 2.30 bits per heavy atom. The third-order valence-electron chi connectivity index (χ3n) is 10.3. The SMILES string of the molecule is O=C1CCC(N2C(=O)c3ccc(C(=O)N4CCN(CC5=C(c6ccc(Cl)cc6)CC6(CCC6)CC5)CC4)cc3C2=O)C(=O)N1. The van der Waals surface area contributed by atoms with Crippen LogP contribution in [-0.2, 0) is 9.59 Å². The first kappa shape index (κ1) is 28.9. The molecular weight excluding hydrogens is 580 g/mol. The second-order valence-electron chi connectivity index (χ2n) is 12.9. The summed E-state index contributed by atoms with van der Waals surface area (Å²) in [6.07, 6.45) is 7.58. The fourth-order valence-electron chi connectivity index (χ4n) is 7.56. The number of benzene rings is 2. The maximum Gasteiger partial charge on any atom is 0.262 e. The van der Waals surface area contributed by atoms with E-state index >= 15 is 0 Å². The average Bonchev–Trinajstić information content (AvgIpc) is 3.25. The lowest BCUT2D eigenvalue weighted by molar-refractivity contribution is -0.136. The lowest BCUT2D eigenvalue weighted by Gasteiger charge is -2.47. The monoisotopic (exact) mass is 614 g/mol. The molecule has 0 radical (unpaired) electrons. The average molecular weight is 615 g/mol. The van der Waals surface area contributed by atoms with Crippen molar-refractivity contribution in [1.82, 2.24) is 20.0 Å². The second-order valence-corrected chi connectivity index (χ2v) is 13.3. The number of nitrogens with one attached hydrogen (secondary N) is 1. The molecule has 5 aliphatic rings. The Kier molecular flexibility index (Phi) is 7.41. The largest absolute Gasteiger partial charge is 0.336 e. The van der Waals surface area contributed by atoms with E-state index in [4.69, 9.17) is 11.6 Å². The van der Waals surface area contributed by atoms with Gasteiger partial charge in [0.25, 0.3) is 17.7 Å². The highest BCUT2D eigenvalue weighted by molar-refractivity contribution is 6.30. The zero-order valence-corrected chi connectivity index (χ0v) is 25.3. The number of carbonyl (C=O) groups excluding carboxylic acids is 5. The highest BCUT2D eigenvalue weighted by Crippen LogP contribution is 2.55. The molecule has 3 fully saturated rings. The molecule has 3 aliphatic heterocycles. The van der Waals surface area contributed by atoms with E-state index in [1.165, 1.54) is 54.5 Å². The van der Waals surface area contributed by atoms with Crippen LogP contribution in [0.25, 0.3) is 5.57 Å². The van der Waals surface area contributed by atoms with Crippen LogP contribution in [-0.4, -0.2) is 83.0 Å². The molecule has 2 aliphatic carbocycles. The first-order valence-corrected chi connectivity index (χ1v) is 15.9. The summed E-state index contributed by atoms with van der Waals surface area (Å²) in [4.78, 5) is 68.8. The Hall–Kier alpha value is -3.82. The van der Waals surface area contributed by atoms with Crippen LogP contribution in [0.3, 0.4) is 0 Å². The molecule has 7 rings (SSSR count). The van der Waals surface area contributed by atoms with Gasteiger partial charge in [-0.1, -0.05) is 35.7 Å². The van der Waals surface area contributed by atoms with E-state index in [1.807, 2.05) is 12.1 Å². The molecule has 2 aromatic carbocycles. The Morgan fingerprint density at radius 1 is 0.886 bits per heavy atom. The van der Waals surface area contributed by atoms with Crippen molar-refractivity contribution in [3.05, 3.63) is 75.3 Å². The summed E-state index contributed by atoms with van der Waals surface area (Å²) in [6.45, 7) is 3.53. The number of piperazine rings is 1. The van der Waals surface area contributed by atoms with Crippen molar-refractivity contribution in [3.63, 3.8) is 0 Å². The fourth-order valence-corrected chi connectivity index (χ4v) is 7.68. The Morgan fingerprint density at radius 2 is 1.61 bits per heavy atom. The molecule has 1 unspecified atom stereocenters. The van der Waals surface area contributed by atoms with E-state index in [9.17, 15) is 24.0 Å². The van der Waals surface area contributed by atoms with Crippen molar-refractivity contribution in [2.45, 2.75) is 57.4 Å². The molecule has 3 heterocycles. The number of hydrogen-bond donors (Lipinski definition) is 1. The molecule has 228 valence electrons. The van der Waals surface area contributed by atoms with Crippen LogP contribution >= 0.6 is 11.6 Å². The number of allylic oxidation sites excluding steroid dienone is 1. The third kappa shape index (κ3) is 5.16. The topological polar surface area (TPSA) is 107 Å². The molecule has 2 aromatic rings. The van der Waals surface area contributed by atoms with Crippen LogP contribution in [0.15, 0.2) is 48.0 Å². The first-order valence-electron chi connectivity index (χ1n) is 15.6. The van der Waals surface area contributed by atoms with E-state index in [0.29, 0.717) is 24.1 Å². The van der Waals surface area contributed by atoms with Gasteiger partial charge in [-0.15, -0.1) is 0 Å². The highest BCUT2D eigenvalue weighted by Gasteiger charge is 2.45. The second kappa shape index (κ2) is 11.3. The van der Waals surface area contributed by atoms with Gasteiger partial charge in [-0.2, -0.15) is 0 Å². The van der Waals surface area contributed by atoms with Gasteiger partial charge in [0, 0.05) is 49.7 Å². The maximum absolute atomic E-state index is 13.5. The number of carbonyl (C=O) groups is 5. The van der Waals surface area contributed by atoms with Gasteiger partial charge in [-0.25, -0.2) is 0 Å². The third-order valence-corrected chi connectivity index (χ3v) is 10.6. The van der Waals surface area contributed by atoms with Gasteiger partial charge in [0.1, 0.15) is 6.04 Å². The van der Waals surface area contributed by atoms with Gasteiger partial charge in [0.15, 0.2) is 0 Å². The van der Waals surface area contributed by atoms with Crippen LogP contribution in [0.5, 0.6) is 0 Å². The van der Waals surface area contributed by atoms with E-state index in [0.717, 1.165) is 42.4 Å². The van der Waals surface area contributed by atoms with Gasteiger partial charge in [0.05, 0.1) is 11.1 Å². The molecule has 1 atom stereocenters. The van der Waals surface area contributed by atoms with Crippen molar-refractivity contribution < 1.29 is 24.0 Å². The minimum absolute atomic E-state index is 0.0556. The van der Waals surface area contributed by atoms with Crippen LogP contribution in [0.2, 0.25) is 5.02 Å². The lowest BCUT2D eigenvalue weighted by Crippen LogP contribution is -2.54. The number of halogens is 1. The summed E-state index contributed by atoms with van der Waals surface area (Å²) >= 11 is 6.20. The maximum atomic E-state index is 13.5. The normalized spacial score (nSPS) is 23.6. The number of imide groups is 2. The summed E-state index contributed by atoms with van der Waals surface area (Å²) in [7, 11) is 0. The minimum Gasteiger partial charge on any atom is -0.336 e. The number of rotatable bonds is 5. The number of nitrogens with zero attached hydrogens (tertiary/aromatic N) is 3. The number of fused-ring (bicyclic) bond motifs is 1. The molecule has 1 spiro atoms. The molecule has 2 saturated heterocycles. The van der Waals surface area contributed by atoms with Crippen molar-refractivity contribution in [2.75, 3.05) is 32.7 Å². The van der Waals surface area contributed by atoms with Crippen molar-refractivity contribution >= 4 is 46.7 Å². The van der Waals surface area contributed by atoms with Gasteiger partial charge in [-0.3, -0.25) is 39.1 Å². The van der Waals surface area contributed by atoms with Gasteiger partial charge in [0.2, 0.25) is 11.8 Å². The van der Waals surface area contributed by atoms with Crippen LogP contribution in [0, 0.1) is 5.41 Å². The summed E-state index contributed by atoms with van der Waals surface area (Å²) in [5, 5.41) is 2.95. The van der Waals surface area contributed by atoms with Crippen LogP contribution in [0.1, 0.15) is 88.0 Å². The highest BCUT2D eigenvalue weighted by atomic mass is 35.5. The van der Waals surface area contributed by atoms with Crippen LogP contribution < -0.4 is 5.32 Å². The minimum atomic E-state index is -1.04. The molecule has 10 heteroatoms. The van der Waals surface area contributed by atoms with Crippen molar-refractivity contribution in [3.8, 4) is 0 Å². The van der Waals surface area contributed by atoms with Gasteiger partial charge < -0.3 is 4.90 Å². The molecule has 0 aromatic heterocycles. The molecule has 1 saturated carbocycles. The predicted molar refractivity (Wildman–Crippen MR) is 164 cm³/mol. The molecule has 5 amide bonds. The van der Waals surface area contributed by atoms with Crippen LogP contribution in [0.4, 0.5) is 0 Å². The Balaban J connectivity index is 1.02. The number of amides is 5. The molecule has 0 bridgehead atoms. The van der Waals surface area contributed by atoms with Gasteiger partial charge in [-0.05, 0) is 85.4 Å². The molecule has 9 nitrogen and oxygen atoms in total. The zero-order chi connectivity index (χ0) is 30.6. The van der Waals surface area contributed by atoms with E-state index < -0.39 is 29.7 Å². The summed E-state index contributed by atoms with van der Waals surface area (Å²) in [5.74, 6) is -2.45. The number of hydrogen-bond acceptors (Lipinski definition) is 6. The van der Waals surface area contributed by atoms with E-state index in [2.05, 4.69) is 22.3 Å². The Labute approximate surface area is 261 Å². The zero-order valence-electron chi connectivity index (χ0n) is 24.6. The van der Waals surface area contributed by atoms with Crippen molar-refractivity contribution in [2.24, 2.45) is 5.41 Å². The standard InChI is InChI=1S/C34H35ClN4O5/c35-24-5-2-21(3-6-24)27-19-34(11-1-12-34)13-10-23(27)20-37-14-16-38(17-15-37)31(42)22-4-7-25-26(18-22)33(44)39(32(25)43)28-8-9-29(40)36-30(28)41/h2-7,18,28H,1,8-17,19-20H2,(H,36,40,41). The Bertz CT molecular complexity index is 1600. The first-order chi connectivity index (χ1) is 21.2. The summed E-state index contributed by atoms with van der Waals surface area (Å²) in [6, 6.07) is 11.7. The smallest absolute Gasteiger partial charge is 0.262 e.